The van der Waals surface area contributed by atoms with Crippen LogP contribution in [0, 0.1) is 0 Å². The Balaban J connectivity index is 1.32. The molecular weight excluding hydrogens is 424 g/mol. The van der Waals surface area contributed by atoms with Gasteiger partial charge in [0.1, 0.15) is 5.58 Å². The Hall–Kier alpha value is -3.21. The van der Waals surface area contributed by atoms with Gasteiger partial charge in [-0.2, -0.15) is 4.31 Å². The van der Waals surface area contributed by atoms with E-state index in [0.29, 0.717) is 37.6 Å². The summed E-state index contributed by atoms with van der Waals surface area (Å²) >= 11 is 0. The van der Waals surface area contributed by atoms with Gasteiger partial charge in [0, 0.05) is 24.2 Å². The molecule has 0 radical (unpaired) electrons. The van der Waals surface area contributed by atoms with Crippen molar-refractivity contribution in [1.29, 1.82) is 0 Å². The Morgan fingerprint density at radius 2 is 1.74 bits per heavy atom. The predicted octanol–water partition coefficient (Wildman–Crippen LogP) is 2.25. The molecule has 0 unspecified atom stereocenters. The maximum Gasteiger partial charge on any atom is 0.374 e. The molecule has 1 amide bonds. The first-order valence-electron chi connectivity index (χ1n) is 9.57. The number of rotatable bonds is 6. The number of nitrogens with zero attached hydrogens (tertiary/aromatic N) is 1. The Morgan fingerprint density at radius 3 is 2.45 bits per heavy atom. The van der Waals surface area contributed by atoms with Gasteiger partial charge in [0.25, 0.3) is 5.91 Å². The molecule has 0 bridgehead atoms. The number of fused-ring (bicyclic) bond motifs is 1. The molecule has 4 rings (SSSR count). The smallest absolute Gasteiger partial charge is 0.374 e. The van der Waals surface area contributed by atoms with Gasteiger partial charge in [-0.15, -0.1) is 0 Å². The van der Waals surface area contributed by atoms with E-state index in [1.54, 1.807) is 24.3 Å². The third-order valence-electron chi connectivity index (χ3n) is 4.71. The van der Waals surface area contributed by atoms with Crippen molar-refractivity contribution in [1.82, 2.24) is 4.31 Å². The van der Waals surface area contributed by atoms with Gasteiger partial charge in [0.05, 0.1) is 18.1 Å². The van der Waals surface area contributed by atoms with Gasteiger partial charge < -0.3 is 19.2 Å². The first kappa shape index (κ1) is 21.0. The number of morpholine rings is 1. The minimum atomic E-state index is -3.61. The lowest BCUT2D eigenvalue weighted by molar-refractivity contribution is -0.119. The zero-order valence-electron chi connectivity index (χ0n) is 16.4. The third kappa shape index (κ3) is 4.76. The lowest BCUT2D eigenvalue weighted by Crippen LogP contribution is -2.40. The van der Waals surface area contributed by atoms with E-state index in [-0.39, 0.29) is 10.7 Å². The number of anilines is 1. The van der Waals surface area contributed by atoms with Crippen molar-refractivity contribution in [3.63, 3.8) is 0 Å². The molecule has 0 aliphatic carbocycles. The first-order chi connectivity index (χ1) is 14.9. The van der Waals surface area contributed by atoms with E-state index in [0.717, 1.165) is 5.39 Å². The maximum atomic E-state index is 12.6. The van der Waals surface area contributed by atoms with Crippen molar-refractivity contribution in [3.05, 3.63) is 60.4 Å². The van der Waals surface area contributed by atoms with E-state index in [2.05, 4.69) is 5.32 Å². The largest absolute Gasteiger partial charge is 0.450 e. The van der Waals surface area contributed by atoms with Gasteiger partial charge in [0.2, 0.25) is 15.8 Å². The number of furan rings is 1. The lowest BCUT2D eigenvalue weighted by Gasteiger charge is -2.26. The molecule has 0 spiro atoms. The van der Waals surface area contributed by atoms with Crippen molar-refractivity contribution in [2.45, 2.75) is 4.90 Å². The van der Waals surface area contributed by atoms with Crippen molar-refractivity contribution in [2.24, 2.45) is 0 Å². The molecule has 1 aliphatic heterocycles. The topological polar surface area (TPSA) is 115 Å². The van der Waals surface area contributed by atoms with Crippen LogP contribution in [0.25, 0.3) is 11.0 Å². The van der Waals surface area contributed by atoms with Gasteiger partial charge in [-0.1, -0.05) is 18.2 Å². The number of amides is 1. The van der Waals surface area contributed by atoms with Gasteiger partial charge in [-0.25, -0.2) is 13.2 Å². The monoisotopic (exact) mass is 444 g/mol. The van der Waals surface area contributed by atoms with Crippen LogP contribution in [-0.2, 0) is 24.3 Å². The summed E-state index contributed by atoms with van der Waals surface area (Å²) in [7, 11) is -3.61. The molecule has 10 heteroatoms. The third-order valence-corrected chi connectivity index (χ3v) is 6.62. The number of carbonyl (C=O) groups excluding carboxylic acids is 2. The second kappa shape index (κ2) is 8.88. The molecule has 2 aromatic carbocycles. The van der Waals surface area contributed by atoms with Crippen LogP contribution in [0.4, 0.5) is 5.69 Å². The fourth-order valence-corrected chi connectivity index (χ4v) is 4.54. The Labute approximate surface area is 178 Å². The minimum Gasteiger partial charge on any atom is -0.450 e. The van der Waals surface area contributed by atoms with E-state index in [9.17, 15) is 18.0 Å². The van der Waals surface area contributed by atoms with Crippen molar-refractivity contribution in [3.8, 4) is 0 Å². The van der Waals surface area contributed by atoms with Crippen LogP contribution in [0.5, 0.6) is 0 Å². The number of para-hydroxylation sites is 1. The average Bonchev–Trinajstić information content (AvgIpc) is 3.23. The van der Waals surface area contributed by atoms with Gasteiger partial charge in [0.15, 0.2) is 6.61 Å². The summed E-state index contributed by atoms with van der Waals surface area (Å²) in [5.41, 5.74) is 0.928. The SMILES string of the molecule is O=C(COC(=O)c1cc2ccccc2o1)Nc1ccc(S(=O)(=O)N2CCOCC2)cc1. The van der Waals surface area contributed by atoms with Crippen LogP contribution in [0.1, 0.15) is 10.6 Å². The van der Waals surface area contributed by atoms with Crippen LogP contribution in [0.3, 0.4) is 0 Å². The van der Waals surface area contributed by atoms with Gasteiger partial charge >= 0.3 is 5.97 Å². The first-order valence-corrected chi connectivity index (χ1v) is 11.0. The summed E-state index contributed by atoms with van der Waals surface area (Å²) in [5, 5.41) is 3.31. The van der Waals surface area contributed by atoms with E-state index >= 15 is 0 Å². The average molecular weight is 444 g/mol. The summed E-state index contributed by atoms with van der Waals surface area (Å²) in [6.07, 6.45) is 0. The quantitative estimate of drug-likeness (QED) is 0.580. The molecule has 0 atom stereocenters. The highest BCUT2D eigenvalue weighted by Gasteiger charge is 2.26. The highest BCUT2D eigenvalue weighted by molar-refractivity contribution is 7.89. The second-order valence-corrected chi connectivity index (χ2v) is 8.75. The van der Waals surface area contributed by atoms with Crippen LogP contribution >= 0.6 is 0 Å². The summed E-state index contributed by atoms with van der Waals surface area (Å²) < 4.78 is 42.2. The molecule has 1 N–H and O–H groups in total. The number of nitrogens with one attached hydrogen (secondary N) is 1. The van der Waals surface area contributed by atoms with Crippen LogP contribution in [0.2, 0.25) is 0 Å². The molecule has 2 heterocycles. The fraction of sp³-hybridized carbons (Fsp3) is 0.238. The molecule has 162 valence electrons. The fourth-order valence-electron chi connectivity index (χ4n) is 3.13. The van der Waals surface area contributed by atoms with E-state index in [4.69, 9.17) is 13.9 Å². The number of hydrogen-bond acceptors (Lipinski definition) is 7. The zero-order valence-corrected chi connectivity index (χ0v) is 17.3. The number of esters is 1. The van der Waals surface area contributed by atoms with Gasteiger partial charge in [-0.05, 0) is 36.4 Å². The summed E-state index contributed by atoms with van der Waals surface area (Å²) in [6.45, 7) is 0.818. The summed E-state index contributed by atoms with van der Waals surface area (Å²) in [5.74, 6) is -1.31. The number of benzene rings is 2. The second-order valence-electron chi connectivity index (χ2n) is 6.81. The van der Waals surface area contributed by atoms with Crippen LogP contribution < -0.4 is 5.32 Å². The van der Waals surface area contributed by atoms with Crippen molar-refractivity contribution < 1.29 is 31.9 Å². The van der Waals surface area contributed by atoms with Crippen molar-refractivity contribution >= 4 is 38.6 Å². The zero-order chi connectivity index (χ0) is 21.8. The molecule has 3 aromatic rings. The molecule has 9 nitrogen and oxygen atoms in total. The molecule has 1 aromatic heterocycles. The van der Waals surface area contributed by atoms with Crippen molar-refractivity contribution in [2.75, 3.05) is 38.2 Å². The number of ether oxygens (including phenoxy) is 2. The standard InChI is InChI=1S/C21H20N2O7S/c24-20(14-29-21(25)19-13-15-3-1-2-4-18(15)30-19)22-16-5-7-17(8-6-16)31(26,27)23-9-11-28-12-10-23/h1-8,13H,9-12,14H2,(H,22,24). The normalized spacial score (nSPS) is 15.0. The molecule has 1 aliphatic rings. The number of sulfonamides is 1. The minimum absolute atomic E-state index is 0.00618. The summed E-state index contributed by atoms with van der Waals surface area (Å²) in [6, 6.07) is 14.5. The highest BCUT2D eigenvalue weighted by Crippen LogP contribution is 2.20. The maximum absolute atomic E-state index is 12.6. The predicted molar refractivity (Wildman–Crippen MR) is 111 cm³/mol. The number of carbonyl (C=O) groups is 2. The lowest BCUT2D eigenvalue weighted by atomic mass is 10.2. The Morgan fingerprint density at radius 1 is 1.03 bits per heavy atom. The number of hydrogen-bond donors (Lipinski definition) is 1. The highest BCUT2D eigenvalue weighted by atomic mass is 32.2. The molecule has 1 saturated heterocycles. The molecule has 31 heavy (non-hydrogen) atoms. The van der Waals surface area contributed by atoms with E-state index in [1.165, 1.54) is 28.6 Å². The van der Waals surface area contributed by atoms with E-state index < -0.39 is 28.5 Å². The summed E-state index contributed by atoms with van der Waals surface area (Å²) in [4.78, 5) is 24.3. The van der Waals surface area contributed by atoms with Gasteiger partial charge in [-0.3, -0.25) is 4.79 Å². The van der Waals surface area contributed by atoms with E-state index in [1.807, 2.05) is 6.07 Å². The van der Waals surface area contributed by atoms with Crippen LogP contribution in [0.15, 0.2) is 63.9 Å². The Bertz CT molecular complexity index is 1160. The van der Waals surface area contributed by atoms with Crippen LogP contribution in [-0.4, -0.2) is 57.5 Å². The Kier molecular flexibility index (Phi) is 6.03. The molecular formula is C21H20N2O7S. The molecule has 0 saturated carbocycles. The molecule has 1 fully saturated rings.